The number of pyridine rings is 2. The van der Waals surface area contributed by atoms with Crippen molar-refractivity contribution in [2.75, 3.05) is 5.32 Å². The van der Waals surface area contributed by atoms with Crippen LogP contribution in [0.1, 0.15) is 26.3 Å². The van der Waals surface area contributed by atoms with Gasteiger partial charge in [-0.15, -0.1) is 0 Å². The first kappa shape index (κ1) is 19.5. The number of anilines is 1. The maximum absolute atomic E-state index is 13.1. The molecule has 0 spiro atoms. The van der Waals surface area contributed by atoms with Gasteiger partial charge in [-0.25, -0.2) is 4.98 Å². The van der Waals surface area contributed by atoms with Crippen LogP contribution in [0, 0.1) is 9.62 Å². The van der Waals surface area contributed by atoms with Crippen molar-refractivity contribution in [3.8, 4) is 11.1 Å². The van der Waals surface area contributed by atoms with Crippen LogP contribution < -0.4 is 5.32 Å². The summed E-state index contributed by atoms with van der Waals surface area (Å²) in [6.07, 6.45) is 5.22. The van der Waals surface area contributed by atoms with E-state index in [0.717, 1.165) is 26.1 Å². The predicted molar refractivity (Wildman–Crippen MR) is 117 cm³/mol. The molecule has 0 saturated carbocycles. The van der Waals surface area contributed by atoms with Crippen molar-refractivity contribution in [2.45, 2.75) is 26.2 Å². The van der Waals surface area contributed by atoms with Crippen molar-refractivity contribution >= 4 is 34.2 Å². The number of aromatic nitrogens is 2. The van der Waals surface area contributed by atoms with Crippen LogP contribution in [-0.4, -0.2) is 15.9 Å². The van der Waals surface area contributed by atoms with E-state index in [-0.39, 0.29) is 11.8 Å². The summed E-state index contributed by atoms with van der Waals surface area (Å²) in [4.78, 5) is 21.5. The second kappa shape index (κ2) is 8.17. The van der Waals surface area contributed by atoms with Gasteiger partial charge in [-0.1, -0.05) is 44.2 Å². The van der Waals surface area contributed by atoms with Crippen molar-refractivity contribution in [3.05, 3.63) is 76.4 Å². The molecule has 1 unspecified atom stereocenters. The number of rotatable bonds is 5. The Hall–Kier alpha value is -2.28. The smallest absolute Gasteiger partial charge is 0.235 e. The van der Waals surface area contributed by atoms with Gasteiger partial charge in [0.05, 0.1) is 5.41 Å². The molecule has 2 heterocycles. The zero-order valence-electron chi connectivity index (χ0n) is 15.6. The van der Waals surface area contributed by atoms with E-state index in [1.54, 1.807) is 24.5 Å². The molecule has 2 aromatic heterocycles. The number of hydrogen-bond donors (Lipinski definition) is 1. The van der Waals surface area contributed by atoms with Crippen LogP contribution in [0.4, 0.5) is 5.69 Å². The minimum atomic E-state index is -0.647. The lowest BCUT2D eigenvalue weighted by Crippen LogP contribution is -2.42. The van der Waals surface area contributed by atoms with Crippen molar-refractivity contribution in [1.82, 2.24) is 9.97 Å². The van der Waals surface area contributed by atoms with E-state index < -0.39 is 5.41 Å². The summed E-state index contributed by atoms with van der Waals surface area (Å²) in [5.74, 6) is 0.109. The second-order valence-corrected chi connectivity index (χ2v) is 8.10. The van der Waals surface area contributed by atoms with Crippen LogP contribution in [0.3, 0.4) is 0 Å². The summed E-state index contributed by atoms with van der Waals surface area (Å²) in [7, 11) is 0. The standard InChI is InChI=1S/C22H22IN3O/c1-15(2)22(3,21(27)26-19-10-12-24-13-11-19)18-7-4-16(5-8-18)17-6-9-20(23)25-14-17/h4-15H,1-3H3,(H,24,26,27). The van der Waals surface area contributed by atoms with Crippen LogP contribution >= 0.6 is 22.6 Å². The molecule has 0 bridgehead atoms. The normalized spacial score (nSPS) is 13.2. The molecule has 0 aliphatic carbocycles. The highest BCUT2D eigenvalue weighted by molar-refractivity contribution is 14.1. The molecule has 0 fully saturated rings. The highest BCUT2D eigenvalue weighted by Gasteiger charge is 2.38. The molecule has 0 saturated heterocycles. The number of benzene rings is 1. The lowest BCUT2D eigenvalue weighted by Gasteiger charge is -2.33. The number of halogens is 1. The van der Waals surface area contributed by atoms with Crippen molar-refractivity contribution in [3.63, 3.8) is 0 Å². The third-order valence-corrected chi connectivity index (χ3v) is 5.75. The SMILES string of the molecule is CC(C)C(C)(C(=O)Nc1ccncc1)c1ccc(-c2ccc(I)nc2)cc1. The minimum absolute atomic E-state index is 0.0209. The third kappa shape index (κ3) is 4.18. The van der Waals surface area contributed by atoms with Crippen LogP contribution in [-0.2, 0) is 10.2 Å². The molecule has 5 heteroatoms. The van der Waals surface area contributed by atoms with Gasteiger partial charge in [-0.2, -0.15) is 0 Å². The summed E-state index contributed by atoms with van der Waals surface area (Å²) in [6, 6.07) is 15.8. The summed E-state index contributed by atoms with van der Waals surface area (Å²) in [6.45, 7) is 6.14. The fourth-order valence-electron chi connectivity index (χ4n) is 2.98. The van der Waals surface area contributed by atoms with Gasteiger partial charge >= 0.3 is 0 Å². The third-order valence-electron chi connectivity index (χ3n) is 5.11. The van der Waals surface area contributed by atoms with Gasteiger partial charge < -0.3 is 5.32 Å². The molecule has 1 N–H and O–H groups in total. The Kier molecular flexibility index (Phi) is 5.89. The molecule has 3 aromatic rings. The van der Waals surface area contributed by atoms with Crippen molar-refractivity contribution in [2.24, 2.45) is 5.92 Å². The monoisotopic (exact) mass is 471 g/mol. The van der Waals surface area contributed by atoms with Crippen molar-refractivity contribution < 1.29 is 4.79 Å². The zero-order valence-corrected chi connectivity index (χ0v) is 17.8. The van der Waals surface area contributed by atoms with Crippen LogP contribution in [0.25, 0.3) is 11.1 Å². The van der Waals surface area contributed by atoms with E-state index in [1.165, 1.54) is 0 Å². The Balaban J connectivity index is 1.89. The van der Waals surface area contributed by atoms with Crippen LogP contribution in [0.15, 0.2) is 67.1 Å². The Labute approximate surface area is 173 Å². The number of carbonyl (C=O) groups is 1. The second-order valence-electron chi connectivity index (χ2n) is 6.99. The predicted octanol–water partition coefficient (Wildman–Crippen LogP) is 5.30. The van der Waals surface area contributed by atoms with Gasteiger partial charge in [0.25, 0.3) is 0 Å². The minimum Gasteiger partial charge on any atom is -0.325 e. The first-order valence-electron chi connectivity index (χ1n) is 8.85. The number of nitrogens with zero attached hydrogens (tertiary/aromatic N) is 2. The van der Waals surface area contributed by atoms with Crippen molar-refractivity contribution in [1.29, 1.82) is 0 Å². The fourth-order valence-corrected chi connectivity index (χ4v) is 3.30. The first-order chi connectivity index (χ1) is 12.9. The van der Waals surface area contributed by atoms with E-state index in [2.05, 4.69) is 69.9 Å². The summed E-state index contributed by atoms with van der Waals surface area (Å²) < 4.78 is 0.966. The summed E-state index contributed by atoms with van der Waals surface area (Å²) >= 11 is 2.20. The number of amides is 1. The maximum atomic E-state index is 13.1. The van der Waals surface area contributed by atoms with Gasteiger partial charge in [-0.3, -0.25) is 9.78 Å². The molecule has 3 rings (SSSR count). The maximum Gasteiger partial charge on any atom is 0.235 e. The molecular formula is C22H22IN3O. The van der Waals surface area contributed by atoms with Gasteiger partial charge in [-0.05, 0) is 64.8 Å². The topological polar surface area (TPSA) is 54.9 Å². The highest BCUT2D eigenvalue weighted by atomic mass is 127. The molecular weight excluding hydrogens is 449 g/mol. The highest BCUT2D eigenvalue weighted by Crippen LogP contribution is 2.34. The van der Waals surface area contributed by atoms with E-state index in [1.807, 2.05) is 31.3 Å². The van der Waals surface area contributed by atoms with E-state index in [4.69, 9.17) is 0 Å². The largest absolute Gasteiger partial charge is 0.325 e. The lowest BCUT2D eigenvalue weighted by molar-refractivity contribution is -0.122. The summed E-state index contributed by atoms with van der Waals surface area (Å²) in [5.41, 5.74) is 3.25. The van der Waals surface area contributed by atoms with E-state index >= 15 is 0 Å². The Bertz CT molecular complexity index is 909. The van der Waals surface area contributed by atoms with Crippen LogP contribution in [0.5, 0.6) is 0 Å². The number of hydrogen-bond acceptors (Lipinski definition) is 3. The quantitative estimate of drug-likeness (QED) is 0.406. The molecule has 1 aromatic carbocycles. The molecule has 0 aliphatic heterocycles. The first-order valence-corrected chi connectivity index (χ1v) is 9.93. The van der Waals surface area contributed by atoms with E-state index in [9.17, 15) is 4.79 Å². The van der Waals surface area contributed by atoms with Crippen LogP contribution in [0.2, 0.25) is 0 Å². The number of carbonyl (C=O) groups excluding carboxylic acids is 1. The molecule has 1 amide bonds. The fraction of sp³-hybridized carbons (Fsp3) is 0.227. The zero-order chi connectivity index (χ0) is 19.4. The molecule has 0 aliphatic rings. The van der Waals surface area contributed by atoms with Gasteiger partial charge in [0.15, 0.2) is 0 Å². The molecule has 1 atom stereocenters. The molecule has 27 heavy (non-hydrogen) atoms. The molecule has 138 valence electrons. The molecule has 0 radical (unpaired) electrons. The Morgan fingerprint density at radius 3 is 2.19 bits per heavy atom. The van der Waals surface area contributed by atoms with Gasteiger partial charge in [0.1, 0.15) is 3.70 Å². The Morgan fingerprint density at radius 2 is 1.63 bits per heavy atom. The average Bonchev–Trinajstić information content (AvgIpc) is 2.68. The van der Waals surface area contributed by atoms with Gasteiger partial charge in [0.2, 0.25) is 5.91 Å². The lowest BCUT2D eigenvalue weighted by atomic mass is 9.72. The van der Waals surface area contributed by atoms with E-state index in [0.29, 0.717) is 0 Å². The average molecular weight is 471 g/mol. The number of nitrogens with one attached hydrogen (secondary N) is 1. The van der Waals surface area contributed by atoms with Gasteiger partial charge in [0, 0.05) is 29.8 Å². The molecule has 4 nitrogen and oxygen atoms in total. The Morgan fingerprint density at radius 1 is 1.00 bits per heavy atom. The summed E-state index contributed by atoms with van der Waals surface area (Å²) in [5, 5.41) is 3.03.